The number of carbonyl (C=O) groups is 1. The number of ether oxygens (including phenoxy) is 1. The van der Waals surface area contributed by atoms with E-state index >= 15 is 4.39 Å². The van der Waals surface area contributed by atoms with E-state index in [0.717, 1.165) is 42.7 Å². The van der Waals surface area contributed by atoms with Gasteiger partial charge in [0.15, 0.2) is 5.69 Å². The standard InChI is InChI=1S/C28H30ClF4N5O2/c1-2-40-27(39)23-16-35-38(26(23)28(31,32)33)20-4-3-11-37(17-20)25-14-18(29)5-7-22(25)21-8-6-19(15-24(21)30)36-12-9-34-10-13-36/h5-8,14-16,20,34H,2-4,9-13,17H2,1H3. The number of aromatic nitrogens is 2. The first kappa shape index (κ1) is 28.2. The monoisotopic (exact) mass is 579 g/mol. The summed E-state index contributed by atoms with van der Waals surface area (Å²) in [6, 6.07) is 9.58. The van der Waals surface area contributed by atoms with E-state index in [4.69, 9.17) is 16.3 Å². The van der Waals surface area contributed by atoms with Crippen LogP contribution in [0, 0.1) is 5.82 Å². The fraction of sp³-hybridized carbons (Fsp3) is 0.429. The maximum atomic E-state index is 15.5. The van der Waals surface area contributed by atoms with Crippen LogP contribution in [0.5, 0.6) is 0 Å². The molecule has 0 spiro atoms. The van der Waals surface area contributed by atoms with E-state index in [1.54, 1.807) is 24.3 Å². The molecule has 2 saturated heterocycles. The van der Waals surface area contributed by atoms with Gasteiger partial charge in [-0.3, -0.25) is 4.68 Å². The van der Waals surface area contributed by atoms with Gasteiger partial charge < -0.3 is 19.9 Å². The molecule has 0 radical (unpaired) electrons. The molecular formula is C28H30ClF4N5O2. The van der Waals surface area contributed by atoms with Crippen LogP contribution < -0.4 is 15.1 Å². The number of esters is 1. The molecule has 0 saturated carbocycles. The molecular weight excluding hydrogens is 550 g/mol. The van der Waals surface area contributed by atoms with Crippen LogP contribution >= 0.6 is 11.6 Å². The van der Waals surface area contributed by atoms with Crippen molar-refractivity contribution >= 4 is 28.9 Å². The lowest BCUT2D eigenvalue weighted by molar-refractivity contribution is -0.145. The highest BCUT2D eigenvalue weighted by Crippen LogP contribution is 2.40. The number of carbonyl (C=O) groups excluding carboxylic acids is 1. The molecule has 1 aromatic heterocycles. The number of nitrogens with one attached hydrogen (secondary N) is 1. The average molecular weight is 580 g/mol. The fourth-order valence-electron chi connectivity index (χ4n) is 5.49. The van der Waals surface area contributed by atoms with Gasteiger partial charge in [0, 0.05) is 66.8 Å². The molecule has 2 fully saturated rings. The number of piperidine rings is 1. The lowest BCUT2D eigenvalue weighted by Gasteiger charge is -2.36. The van der Waals surface area contributed by atoms with Gasteiger partial charge in [-0.25, -0.2) is 9.18 Å². The van der Waals surface area contributed by atoms with Crippen LogP contribution in [0.25, 0.3) is 11.1 Å². The van der Waals surface area contributed by atoms with Gasteiger partial charge in [-0.05, 0) is 50.1 Å². The third kappa shape index (κ3) is 5.76. The summed E-state index contributed by atoms with van der Waals surface area (Å²) in [6.45, 7) is 5.40. The van der Waals surface area contributed by atoms with E-state index in [2.05, 4.69) is 15.3 Å². The Labute approximate surface area is 234 Å². The number of hydrogen-bond acceptors (Lipinski definition) is 6. The largest absolute Gasteiger partial charge is 0.462 e. The summed E-state index contributed by atoms with van der Waals surface area (Å²) >= 11 is 6.35. The van der Waals surface area contributed by atoms with Crippen molar-refractivity contribution in [1.29, 1.82) is 0 Å². The second-order valence-corrected chi connectivity index (χ2v) is 10.3. The minimum atomic E-state index is -4.81. The molecule has 2 aromatic carbocycles. The van der Waals surface area contributed by atoms with Crippen molar-refractivity contribution in [2.75, 3.05) is 55.7 Å². The summed E-state index contributed by atoms with van der Waals surface area (Å²) in [5.74, 6) is -1.45. The first-order chi connectivity index (χ1) is 19.2. The van der Waals surface area contributed by atoms with Crippen molar-refractivity contribution in [3.8, 4) is 11.1 Å². The maximum absolute atomic E-state index is 15.5. The quantitative estimate of drug-likeness (QED) is 0.295. The van der Waals surface area contributed by atoms with Gasteiger partial charge in [0.05, 0.1) is 18.8 Å². The van der Waals surface area contributed by atoms with Crippen molar-refractivity contribution in [1.82, 2.24) is 15.1 Å². The molecule has 1 unspecified atom stereocenters. The highest BCUT2D eigenvalue weighted by atomic mass is 35.5. The van der Waals surface area contributed by atoms with Gasteiger partial charge in [0.1, 0.15) is 11.4 Å². The third-order valence-corrected chi connectivity index (χ3v) is 7.56. The number of anilines is 2. The number of halogens is 5. The zero-order valence-corrected chi connectivity index (χ0v) is 22.7. The number of benzene rings is 2. The Hall–Kier alpha value is -3.31. The topological polar surface area (TPSA) is 62.6 Å². The summed E-state index contributed by atoms with van der Waals surface area (Å²) in [7, 11) is 0. The zero-order valence-electron chi connectivity index (χ0n) is 22.0. The van der Waals surface area contributed by atoms with Gasteiger partial charge in [0.2, 0.25) is 0 Å². The minimum absolute atomic E-state index is 0.0527. The molecule has 7 nitrogen and oxygen atoms in total. The van der Waals surface area contributed by atoms with Crippen molar-refractivity contribution in [2.24, 2.45) is 0 Å². The molecule has 1 atom stereocenters. The number of rotatable bonds is 6. The van der Waals surface area contributed by atoms with Crippen LogP contribution in [0.1, 0.15) is 41.9 Å². The number of alkyl halides is 3. The summed E-state index contributed by atoms with van der Waals surface area (Å²) in [4.78, 5) is 16.3. The summed E-state index contributed by atoms with van der Waals surface area (Å²) < 4.78 is 63.6. The van der Waals surface area contributed by atoms with Crippen LogP contribution in [0.15, 0.2) is 42.6 Å². The number of piperazine rings is 1. The first-order valence-electron chi connectivity index (χ1n) is 13.3. The summed E-state index contributed by atoms with van der Waals surface area (Å²) in [6.07, 6.45) is -2.91. The van der Waals surface area contributed by atoms with Crippen molar-refractivity contribution < 1.29 is 27.1 Å². The van der Waals surface area contributed by atoms with Crippen LogP contribution in [0.3, 0.4) is 0 Å². The van der Waals surface area contributed by atoms with Crippen molar-refractivity contribution in [2.45, 2.75) is 32.0 Å². The van der Waals surface area contributed by atoms with Crippen LogP contribution in [0.4, 0.5) is 28.9 Å². The molecule has 0 bridgehead atoms. The van der Waals surface area contributed by atoms with Crippen LogP contribution in [-0.2, 0) is 10.9 Å². The van der Waals surface area contributed by atoms with Gasteiger partial charge in [-0.15, -0.1) is 0 Å². The molecule has 12 heteroatoms. The Morgan fingerprint density at radius 2 is 1.85 bits per heavy atom. The molecule has 2 aliphatic rings. The maximum Gasteiger partial charge on any atom is 0.433 e. The van der Waals surface area contributed by atoms with E-state index in [9.17, 15) is 18.0 Å². The smallest absolute Gasteiger partial charge is 0.433 e. The molecule has 0 aliphatic carbocycles. The molecule has 2 aliphatic heterocycles. The van der Waals surface area contributed by atoms with E-state index < -0.39 is 35.3 Å². The third-order valence-electron chi connectivity index (χ3n) is 7.33. The molecule has 3 heterocycles. The van der Waals surface area contributed by atoms with Gasteiger partial charge >= 0.3 is 12.1 Å². The number of hydrogen-bond donors (Lipinski definition) is 1. The SMILES string of the molecule is CCOC(=O)c1cnn(C2CCCN(c3cc(Cl)ccc3-c3ccc(N4CCNCC4)cc3F)C2)c1C(F)(F)F. The fourth-order valence-corrected chi connectivity index (χ4v) is 5.66. The molecule has 40 heavy (non-hydrogen) atoms. The summed E-state index contributed by atoms with van der Waals surface area (Å²) in [5, 5.41) is 7.69. The highest BCUT2D eigenvalue weighted by Gasteiger charge is 2.42. The van der Waals surface area contributed by atoms with Crippen molar-refractivity contribution in [3.63, 3.8) is 0 Å². The normalized spacial score (nSPS) is 18.2. The lowest BCUT2D eigenvalue weighted by Crippen LogP contribution is -2.43. The second-order valence-electron chi connectivity index (χ2n) is 9.87. The Balaban J connectivity index is 1.47. The lowest BCUT2D eigenvalue weighted by atomic mass is 9.98. The Kier molecular flexibility index (Phi) is 8.23. The predicted octanol–water partition coefficient (Wildman–Crippen LogP) is 5.79. The minimum Gasteiger partial charge on any atom is -0.462 e. The van der Waals surface area contributed by atoms with Gasteiger partial charge in [-0.1, -0.05) is 17.7 Å². The Morgan fingerprint density at radius 1 is 1.10 bits per heavy atom. The first-order valence-corrected chi connectivity index (χ1v) is 13.7. The van der Waals surface area contributed by atoms with Crippen LogP contribution in [-0.4, -0.2) is 61.6 Å². The van der Waals surface area contributed by atoms with E-state index in [-0.39, 0.29) is 13.2 Å². The van der Waals surface area contributed by atoms with Crippen LogP contribution in [0.2, 0.25) is 5.02 Å². The van der Waals surface area contributed by atoms with E-state index in [1.165, 1.54) is 13.0 Å². The van der Waals surface area contributed by atoms with Gasteiger partial charge in [-0.2, -0.15) is 18.3 Å². The number of nitrogens with zero attached hydrogens (tertiary/aromatic N) is 4. The average Bonchev–Trinajstić information content (AvgIpc) is 3.41. The Morgan fingerprint density at radius 3 is 2.55 bits per heavy atom. The molecule has 5 rings (SSSR count). The summed E-state index contributed by atoms with van der Waals surface area (Å²) in [5.41, 5.74) is 0.662. The molecule has 1 N–H and O–H groups in total. The van der Waals surface area contributed by atoms with E-state index in [0.29, 0.717) is 41.2 Å². The zero-order chi connectivity index (χ0) is 28.4. The predicted molar refractivity (Wildman–Crippen MR) is 146 cm³/mol. The molecule has 0 amide bonds. The second kappa shape index (κ2) is 11.7. The van der Waals surface area contributed by atoms with Gasteiger partial charge in [0.25, 0.3) is 0 Å². The molecule has 3 aromatic rings. The van der Waals surface area contributed by atoms with Crippen molar-refractivity contribution in [3.05, 3.63) is 64.7 Å². The van der Waals surface area contributed by atoms with E-state index in [1.807, 2.05) is 11.0 Å². The highest BCUT2D eigenvalue weighted by molar-refractivity contribution is 6.31. The molecule has 214 valence electrons. The Bertz CT molecular complexity index is 1370.